The van der Waals surface area contributed by atoms with Gasteiger partial charge in [0.2, 0.25) is 0 Å². The molecule has 0 aliphatic heterocycles. The van der Waals surface area contributed by atoms with E-state index in [0.717, 1.165) is 11.3 Å². The Balaban J connectivity index is 2.26. The smallest absolute Gasteiger partial charge is 0.0695 e. The van der Waals surface area contributed by atoms with E-state index in [4.69, 9.17) is 6.58 Å². The Morgan fingerprint density at radius 1 is 1.00 bits per heavy atom. The van der Waals surface area contributed by atoms with Crippen LogP contribution in [0, 0.1) is 6.58 Å². The van der Waals surface area contributed by atoms with Gasteiger partial charge in [0, 0.05) is 5.69 Å². The lowest BCUT2D eigenvalue weighted by atomic mass is 10.1. The van der Waals surface area contributed by atoms with Crippen LogP contribution in [0.1, 0.15) is 17.2 Å². The Morgan fingerprint density at radius 2 is 1.67 bits per heavy atom. The van der Waals surface area contributed by atoms with E-state index in [2.05, 4.69) is 24.0 Å². The lowest BCUT2D eigenvalue weighted by molar-refractivity contribution is 0.987. The zero-order valence-corrected chi connectivity index (χ0v) is 10.2. The summed E-state index contributed by atoms with van der Waals surface area (Å²) >= 11 is 0. The van der Waals surface area contributed by atoms with Gasteiger partial charge in [-0.1, -0.05) is 67.3 Å². The molecule has 0 saturated heterocycles. The Morgan fingerprint density at radius 3 is 2.33 bits per heavy atom. The molecule has 1 atom stereocenters. The van der Waals surface area contributed by atoms with E-state index >= 15 is 0 Å². The highest BCUT2D eigenvalue weighted by molar-refractivity contribution is 5.65. The quantitative estimate of drug-likeness (QED) is 0.752. The SMILES string of the molecule is [CH]=Cc1ccccc1NC(C=C)c1ccccc1. The lowest BCUT2D eigenvalue weighted by Crippen LogP contribution is -2.08. The number of benzene rings is 2. The molecule has 1 radical (unpaired) electrons. The molecule has 0 saturated carbocycles. The molecule has 2 aromatic carbocycles. The third-order valence-corrected chi connectivity index (χ3v) is 2.85. The monoisotopic (exact) mass is 234 g/mol. The van der Waals surface area contributed by atoms with Crippen molar-refractivity contribution in [1.29, 1.82) is 0 Å². The van der Waals surface area contributed by atoms with Gasteiger partial charge in [-0.3, -0.25) is 0 Å². The molecule has 1 N–H and O–H groups in total. The van der Waals surface area contributed by atoms with Crippen molar-refractivity contribution < 1.29 is 0 Å². The molecule has 0 spiro atoms. The van der Waals surface area contributed by atoms with Gasteiger partial charge in [0.25, 0.3) is 0 Å². The predicted molar refractivity (Wildman–Crippen MR) is 78.2 cm³/mol. The molecule has 0 aromatic heterocycles. The third kappa shape index (κ3) is 2.69. The van der Waals surface area contributed by atoms with Gasteiger partial charge in [0.05, 0.1) is 6.04 Å². The first-order chi connectivity index (χ1) is 8.85. The Kier molecular flexibility index (Phi) is 3.98. The van der Waals surface area contributed by atoms with Crippen molar-refractivity contribution in [2.75, 3.05) is 5.32 Å². The molecular weight excluding hydrogens is 218 g/mol. The summed E-state index contributed by atoms with van der Waals surface area (Å²) < 4.78 is 0. The molecule has 0 aliphatic rings. The fraction of sp³-hybridized carbons (Fsp3) is 0.0588. The molecule has 0 aliphatic carbocycles. The molecule has 0 bridgehead atoms. The minimum atomic E-state index is 0.0762. The topological polar surface area (TPSA) is 12.0 Å². The second-order valence-corrected chi connectivity index (χ2v) is 4.02. The summed E-state index contributed by atoms with van der Waals surface area (Å²) in [5, 5.41) is 3.44. The highest BCUT2D eigenvalue weighted by Gasteiger charge is 2.07. The normalized spacial score (nSPS) is 11.6. The molecule has 1 heteroatoms. The first kappa shape index (κ1) is 12.2. The van der Waals surface area contributed by atoms with Crippen LogP contribution in [-0.4, -0.2) is 0 Å². The minimum Gasteiger partial charge on any atom is -0.374 e. The van der Waals surface area contributed by atoms with Crippen LogP contribution < -0.4 is 5.32 Å². The molecule has 0 amide bonds. The summed E-state index contributed by atoms with van der Waals surface area (Å²) in [5.74, 6) is 0. The van der Waals surface area contributed by atoms with Crippen LogP contribution in [0.15, 0.2) is 67.3 Å². The van der Waals surface area contributed by atoms with E-state index in [1.807, 2.05) is 48.5 Å². The van der Waals surface area contributed by atoms with Crippen molar-refractivity contribution in [1.82, 2.24) is 0 Å². The van der Waals surface area contributed by atoms with Gasteiger partial charge in [-0.25, -0.2) is 0 Å². The lowest BCUT2D eigenvalue weighted by Gasteiger charge is -2.18. The average molecular weight is 234 g/mol. The Labute approximate surface area is 108 Å². The maximum Gasteiger partial charge on any atom is 0.0695 e. The number of hydrogen-bond donors (Lipinski definition) is 1. The first-order valence-electron chi connectivity index (χ1n) is 5.93. The molecule has 0 fully saturated rings. The van der Waals surface area contributed by atoms with Crippen LogP contribution in [-0.2, 0) is 0 Å². The van der Waals surface area contributed by atoms with E-state index in [1.54, 1.807) is 6.08 Å². The van der Waals surface area contributed by atoms with Crippen LogP contribution >= 0.6 is 0 Å². The van der Waals surface area contributed by atoms with Crippen LogP contribution in [0.3, 0.4) is 0 Å². The zero-order valence-electron chi connectivity index (χ0n) is 10.2. The molecule has 2 aromatic rings. The van der Waals surface area contributed by atoms with Crippen molar-refractivity contribution >= 4 is 11.8 Å². The molecule has 89 valence electrons. The minimum absolute atomic E-state index is 0.0762. The molecule has 1 unspecified atom stereocenters. The summed E-state index contributed by atoms with van der Waals surface area (Å²) in [6, 6.07) is 18.2. The highest BCUT2D eigenvalue weighted by Crippen LogP contribution is 2.23. The fourth-order valence-corrected chi connectivity index (χ4v) is 1.88. The van der Waals surface area contributed by atoms with E-state index < -0.39 is 0 Å². The van der Waals surface area contributed by atoms with Crippen molar-refractivity contribution in [2.24, 2.45) is 0 Å². The molecule has 1 nitrogen and oxygen atoms in total. The predicted octanol–water partition coefficient (Wildman–Crippen LogP) is 4.47. The summed E-state index contributed by atoms with van der Waals surface area (Å²) in [7, 11) is 0. The number of anilines is 1. The number of hydrogen-bond acceptors (Lipinski definition) is 1. The third-order valence-electron chi connectivity index (χ3n) is 2.85. The van der Waals surface area contributed by atoms with Gasteiger partial charge in [0.1, 0.15) is 0 Å². The number of rotatable bonds is 5. The molecule has 2 rings (SSSR count). The van der Waals surface area contributed by atoms with Crippen molar-refractivity contribution in [3.63, 3.8) is 0 Å². The Hall–Kier alpha value is -2.28. The zero-order chi connectivity index (χ0) is 12.8. The standard InChI is InChI=1S/C17H16N/c1-3-14-10-8-9-13-17(14)18-16(4-2)15-11-6-5-7-12-15/h1,3-13,16,18H,2H2. The van der Waals surface area contributed by atoms with Crippen molar-refractivity contribution in [3.05, 3.63) is 85.0 Å². The van der Waals surface area contributed by atoms with Crippen molar-refractivity contribution in [3.8, 4) is 0 Å². The van der Waals surface area contributed by atoms with Gasteiger partial charge in [-0.05, 0) is 17.2 Å². The van der Waals surface area contributed by atoms with Gasteiger partial charge < -0.3 is 5.32 Å². The van der Waals surface area contributed by atoms with Gasteiger partial charge >= 0.3 is 0 Å². The molecule has 18 heavy (non-hydrogen) atoms. The van der Waals surface area contributed by atoms with Gasteiger partial charge in [0.15, 0.2) is 0 Å². The summed E-state index contributed by atoms with van der Waals surface area (Å²) in [6.07, 6.45) is 3.50. The van der Waals surface area contributed by atoms with Crippen LogP contribution in [0.4, 0.5) is 5.69 Å². The maximum atomic E-state index is 5.62. The molecule has 0 heterocycles. The second kappa shape index (κ2) is 5.87. The fourth-order valence-electron chi connectivity index (χ4n) is 1.88. The average Bonchev–Trinajstić information content (AvgIpc) is 2.46. The van der Waals surface area contributed by atoms with Crippen molar-refractivity contribution in [2.45, 2.75) is 6.04 Å². The van der Waals surface area contributed by atoms with Gasteiger partial charge in [-0.15, -0.1) is 6.58 Å². The van der Waals surface area contributed by atoms with E-state index in [0.29, 0.717) is 0 Å². The molecular formula is C17H16N. The first-order valence-corrected chi connectivity index (χ1v) is 5.93. The largest absolute Gasteiger partial charge is 0.374 e. The van der Waals surface area contributed by atoms with Crippen LogP contribution in [0.5, 0.6) is 0 Å². The number of nitrogens with one attached hydrogen (secondary N) is 1. The van der Waals surface area contributed by atoms with E-state index in [-0.39, 0.29) is 6.04 Å². The van der Waals surface area contributed by atoms with E-state index in [1.165, 1.54) is 5.56 Å². The van der Waals surface area contributed by atoms with Crippen LogP contribution in [0.25, 0.3) is 6.08 Å². The highest BCUT2D eigenvalue weighted by atomic mass is 14.9. The van der Waals surface area contributed by atoms with Gasteiger partial charge in [-0.2, -0.15) is 0 Å². The summed E-state index contributed by atoms with van der Waals surface area (Å²) in [4.78, 5) is 0. The summed E-state index contributed by atoms with van der Waals surface area (Å²) in [6.45, 7) is 9.50. The van der Waals surface area contributed by atoms with E-state index in [9.17, 15) is 0 Å². The Bertz CT molecular complexity index is 528. The summed E-state index contributed by atoms with van der Waals surface area (Å²) in [5.41, 5.74) is 3.17. The number of para-hydroxylation sites is 1. The maximum absolute atomic E-state index is 5.62. The van der Waals surface area contributed by atoms with Crippen LogP contribution in [0.2, 0.25) is 0 Å². The second-order valence-electron chi connectivity index (χ2n) is 4.02.